The number of hydrogen-bond acceptors (Lipinski definition) is 5. The second-order valence-corrected chi connectivity index (χ2v) is 7.73. The van der Waals surface area contributed by atoms with E-state index < -0.39 is 0 Å². The number of nitrogens with zero attached hydrogens (tertiary/aromatic N) is 2. The Hall–Kier alpha value is -3.38. The van der Waals surface area contributed by atoms with Gasteiger partial charge in [-0.2, -0.15) is 0 Å². The Kier molecular flexibility index (Phi) is 6.48. The first-order valence-corrected chi connectivity index (χ1v) is 10.6. The van der Waals surface area contributed by atoms with Gasteiger partial charge in [0.05, 0.1) is 18.7 Å². The van der Waals surface area contributed by atoms with Gasteiger partial charge in [0.1, 0.15) is 6.10 Å². The molecule has 0 aliphatic carbocycles. The fraction of sp³-hybridized carbons (Fsp3) is 0.280. The van der Waals surface area contributed by atoms with Crippen LogP contribution in [0, 0.1) is 6.92 Å². The molecule has 6 heteroatoms. The third-order valence-corrected chi connectivity index (χ3v) is 5.40. The first kappa shape index (κ1) is 20.9. The van der Waals surface area contributed by atoms with Gasteiger partial charge in [-0.15, -0.1) is 0 Å². The Labute approximate surface area is 182 Å². The highest BCUT2D eigenvalue weighted by Gasteiger charge is 2.27. The quantitative estimate of drug-likeness (QED) is 0.616. The lowest BCUT2D eigenvalue weighted by Crippen LogP contribution is -2.30. The summed E-state index contributed by atoms with van der Waals surface area (Å²) in [6, 6.07) is 19.8. The number of amides is 1. The number of aliphatic hydroxyl groups is 1. The van der Waals surface area contributed by atoms with Gasteiger partial charge in [-0.05, 0) is 35.7 Å². The molecule has 1 aromatic heterocycles. The van der Waals surface area contributed by atoms with E-state index in [-0.39, 0.29) is 25.2 Å². The highest BCUT2D eigenvalue weighted by atomic mass is 16.5. The molecule has 31 heavy (non-hydrogen) atoms. The van der Waals surface area contributed by atoms with Crippen molar-refractivity contribution in [1.82, 2.24) is 10.3 Å². The van der Waals surface area contributed by atoms with Crippen LogP contribution in [-0.2, 0) is 0 Å². The van der Waals surface area contributed by atoms with E-state index in [9.17, 15) is 4.79 Å². The van der Waals surface area contributed by atoms with Crippen LogP contribution in [0.3, 0.4) is 0 Å². The summed E-state index contributed by atoms with van der Waals surface area (Å²) < 4.78 is 6.05. The zero-order valence-electron chi connectivity index (χ0n) is 17.6. The zero-order chi connectivity index (χ0) is 21.6. The number of rotatable bonds is 7. The number of benzene rings is 2. The molecule has 4 rings (SSSR count). The minimum Gasteiger partial charge on any atom is -0.472 e. The predicted octanol–water partition coefficient (Wildman–Crippen LogP) is 3.44. The number of aliphatic hydroxyl groups excluding tert-OH is 1. The molecule has 0 radical (unpaired) electrons. The van der Waals surface area contributed by atoms with Gasteiger partial charge in [-0.3, -0.25) is 4.79 Å². The third-order valence-electron chi connectivity index (χ3n) is 5.40. The van der Waals surface area contributed by atoms with Crippen LogP contribution in [0.2, 0.25) is 0 Å². The van der Waals surface area contributed by atoms with Crippen LogP contribution in [0.25, 0.3) is 11.1 Å². The highest BCUT2D eigenvalue weighted by molar-refractivity contribution is 6.01. The molecule has 1 fully saturated rings. The first-order chi connectivity index (χ1) is 15.1. The molecule has 2 aromatic carbocycles. The van der Waals surface area contributed by atoms with E-state index in [1.165, 1.54) is 0 Å². The number of carbonyl (C=O) groups is 1. The zero-order valence-corrected chi connectivity index (χ0v) is 17.6. The number of carbonyl (C=O) groups excluding carboxylic acids is 1. The Bertz CT molecular complexity index is 1020. The summed E-state index contributed by atoms with van der Waals surface area (Å²) in [6.07, 6.45) is 2.67. The molecule has 0 bridgehead atoms. The smallest absolute Gasteiger partial charge is 0.253 e. The summed E-state index contributed by atoms with van der Waals surface area (Å²) in [4.78, 5) is 19.4. The van der Waals surface area contributed by atoms with Crippen molar-refractivity contribution in [2.24, 2.45) is 0 Å². The fourth-order valence-electron chi connectivity index (χ4n) is 3.81. The van der Waals surface area contributed by atoms with Gasteiger partial charge >= 0.3 is 0 Å². The van der Waals surface area contributed by atoms with Crippen molar-refractivity contribution < 1.29 is 14.6 Å². The molecule has 160 valence electrons. The van der Waals surface area contributed by atoms with Crippen LogP contribution in [0.5, 0.6) is 5.88 Å². The Morgan fingerprint density at radius 2 is 2.00 bits per heavy atom. The normalized spacial score (nSPS) is 15.7. The lowest BCUT2D eigenvalue weighted by molar-refractivity contribution is 0.0945. The van der Waals surface area contributed by atoms with Gasteiger partial charge in [-0.25, -0.2) is 4.98 Å². The monoisotopic (exact) mass is 417 g/mol. The number of pyridine rings is 1. The van der Waals surface area contributed by atoms with Crippen molar-refractivity contribution in [2.45, 2.75) is 19.4 Å². The lowest BCUT2D eigenvalue weighted by Gasteiger charge is -2.22. The number of hydrogen-bond donors (Lipinski definition) is 2. The largest absolute Gasteiger partial charge is 0.472 e. The van der Waals surface area contributed by atoms with E-state index in [0.717, 1.165) is 35.3 Å². The molecule has 1 aliphatic heterocycles. The minimum atomic E-state index is -0.189. The van der Waals surface area contributed by atoms with E-state index >= 15 is 0 Å². The summed E-state index contributed by atoms with van der Waals surface area (Å²) >= 11 is 0. The number of anilines is 1. The standard InChI is InChI=1S/C25H27N3O3/c1-18-7-10-24(27-16-18)31-21-11-13-28(17-21)23-9-8-20(19-5-3-2-4-6-19)15-22(23)25(30)26-12-14-29/h2-10,15-16,21,29H,11-14,17H2,1H3,(H,26,30)/t21-/m0/s1. The molecular weight excluding hydrogens is 390 g/mol. The summed E-state index contributed by atoms with van der Waals surface area (Å²) in [6.45, 7) is 3.60. The van der Waals surface area contributed by atoms with Crippen LogP contribution < -0.4 is 15.0 Å². The molecule has 1 atom stereocenters. The van der Waals surface area contributed by atoms with Crippen molar-refractivity contribution in [3.05, 3.63) is 78.0 Å². The second-order valence-electron chi connectivity index (χ2n) is 7.73. The highest BCUT2D eigenvalue weighted by Crippen LogP contribution is 2.30. The number of ether oxygens (including phenoxy) is 1. The SMILES string of the molecule is Cc1ccc(O[C@H]2CCN(c3ccc(-c4ccccc4)cc3C(=O)NCCO)C2)nc1. The topological polar surface area (TPSA) is 74.7 Å². The summed E-state index contributed by atoms with van der Waals surface area (Å²) in [5.41, 5.74) is 4.60. The molecule has 6 nitrogen and oxygen atoms in total. The molecule has 2 N–H and O–H groups in total. The van der Waals surface area contributed by atoms with Crippen LogP contribution in [-0.4, -0.2) is 48.3 Å². The fourth-order valence-corrected chi connectivity index (χ4v) is 3.81. The van der Waals surface area contributed by atoms with Crippen LogP contribution in [0.15, 0.2) is 66.9 Å². The van der Waals surface area contributed by atoms with Crippen LogP contribution in [0.1, 0.15) is 22.3 Å². The maximum absolute atomic E-state index is 12.9. The maximum Gasteiger partial charge on any atom is 0.253 e. The molecule has 1 aliphatic rings. The van der Waals surface area contributed by atoms with E-state index in [1.807, 2.05) is 67.6 Å². The Morgan fingerprint density at radius 3 is 2.74 bits per heavy atom. The average Bonchev–Trinajstić information content (AvgIpc) is 3.27. The van der Waals surface area contributed by atoms with E-state index in [4.69, 9.17) is 9.84 Å². The lowest BCUT2D eigenvalue weighted by atomic mass is 10.0. The molecule has 2 heterocycles. The van der Waals surface area contributed by atoms with Gasteiger partial charge < -0.3 is 20.1 Å². The Balaban J connectivity index is 1.56. The summed E-state index contributed by atoms with van der Waals surface area (Å²) in [7, 11) is 0. The predicted molar refractivity (Wildman–Crippen MR) is 122 cm³/mol. The Morgan fingerprint density at radius 1 is 1.16 bits per heavy atom. The second kappa shape index (κ2) is 9.62. The van der Waals surface area contributed by atoms with E-state index in [2.05, 4.69) is 15.2 Å². The molecule has 3 aromatic rings. The van der Waals surface area contributed by atoms with Gasteiger partial charge in [0.25, 0.3) is 5.91 Å². The number of nitrogens with one attached hydrogen (secondary N) is 1. The molecule has 0 saturated carbocycles. The third kappa shape index (κ3) is 5.03. The van der Waals surface area contributed by atoms with E-state index in [0.29, 0.717) is 18.0 Å². The van der Waals surface area contributed by atoms with Crippen molar-refractivity contribution in [2.75, 3.05) is 31.1 Å². The van der Waals surface area contributed by atoms with Crippen molar-refractivity contribution in [3.63, 3.8) is 0 Å². The molecule has 0 spiro atoms. The average molecular weight is 418 g/mol. The van der Waals surface area contributed by atoms with Crippen LogP contribution in [0.4, 0.5) is 5.69 Å². The van der Waals surface area contributed by atoms with E-state index in [1.54, 1.807) is 6.20 Å². The van der Waals surface area contributed by atoms with Crippen molar-refractivity contribution >= 4 is 11.6 Å². The molecule has 1 amide bonds. The number of aryl methyl sites for hydroxylation is 1. The summed E-state index contributed by atoms with van der Waals surface area (Å²) in [5.74, 6) is 0.434. The van der Waals surface area contributed by atoms with Crippen molar-refractivity contribution in [1.29, 1.82) is 0 Å². The minimum absolute atomic E-state index is 0.0114. The first-order valence-electron chi connectivity index (χ1n) is 10.6. The molecule has 0 unspecified atom stereocenters. The maximum atomic E-state index is 12.9. The molecular formula is C25H27N3O3. The number of aromatic nitrogens is 1. The van der Waals surface area contributed by atoms with Gasteiger partial charge in [0, 0.05) is 37.5 Å². The molecule has 1 saturated heterocycles. The summed E-state index contributed by atoms with van der Waals surface area (Å²) in [5, 5.41) is 11.9. The van der Waals surface area contributed by atoms with Gasteiger partial charge in [-0.1, -0.05) is 42.5 Å². The van der Waals surface area contributed by atoms with Crippen LogP contribution >= 0.6 is 0 Å². The van der Waals surface area contributed by atoms with Gasteiger partial charge in [0.15, 0.2) is 0 Å². The van der Waals surface area contributed by atoms with Gasteiger partial charge in [0.2, 0.25) is 5.88 Å². The van der Waals surface area contributed by atoms with Crippen molar-refractivity contribution in [3.8, 4) is 17.0 Å².